The van der Waals surface area contributed by atoms with Crippen molar-refractivity contribution in [3.05, 3.63) is 0 Å². The second kappa shape index (κ2) is 6.56. The maximum atomic E-state index is 11.3. The van der Waals surface area contributed by atoms with Crippen molar-refractivity contribution in [2.45, 2.75) is 36.5 Å². The van der Waals surface area contributed by atoms with Gasteiger partial charge in [0.25, 0.3) is 0 Å². The van der Waals surface area contributed by atoms with Crippen molar-refractivity contribution in [3.63, 3.8) is 0 Å². The summed E-state index contributed by atoms with van der Waals surface area (Å²) in [6, 6.07) is -0.509. The fourth-order valence-corrected chi connectivity index (χ4v) is 1.46. The third-order valence-corrected chi connectivity index (χ3v) is 2.00. The monoisotopic (exact) mass is 273 g/mol. The number of rotatable bonds is 5. The Balaban J connectivity index is 4.08. The summed E-state index contributed by atoms with van der Waals surface area (Å²) < 4.78 is -1.62. The number of amides is 1. The molecule has 1 atom stereocenters. The van der Waals surface area contributed by atoms with Gasteiger partial charge in [0.2, 0.25) is 5.91 Å². The molecule has 0 aliphatic heterocycles. The predicted molar refractivity (Wildman–Crippen MR) is 62.4 cm³/mol. The number of carbonyl (C=O) groups is 2. The minimum Gasteiger partial charge on any atom is -0.346 e. The molecule has 6 heteroatoms. The van der Waals surface area contributed by atoms with Gasteiger partial charge in [0.1, 0.15) is 6.29 Å². The van der Waals surface area contributed by atoms with Gasteiger partial charge in [-0.1, -0.05) is 48.7 Å². The molecule has 0 aromatic carbocycles. The summed E-state index contributed by atoms with van der Waals surface area (Å²) >= 11 is 16.3. The van der Waals surface area contributed by atoms with Crippen LogP contribution in [0.15, 0.2) is 0 Å². The molecule has 0 aromatic heterocycles. The van der Waals surface area contributed by atoms with Gasteiger partial charge < -0.3 is 10.1 Å². The molecule has 0 aliphatic rings. The molecule has 0 bridgehead atoms. The molecule has 0 rings (SSSR count). The molecule has 88 valence electrons. The average molecular weight is 275 g/mol. The summed E-state index contributed by atoms with van der Waals surface area (Å²) in [6.45, 7) is 3.91. The number of nitrogens with one attached hydrogen (secondary N) is 1. The normalized spacial score (nSPS) is 13.7. The van der Waals surface area contributed by atoms with E-state index in [0.29, 0.717) is 18.6 Å². The third-order valence-electron chi connectivity index (χ3n) is 1.60. The molecule has 0 fully saturated rings. The minimum absolute atomic E-state index is 0.250. The van der Waals surface area contributed by atoms with E-state index in [-0.39, 0.29) is 6.42 Å². The Morgan fingerprint density at radius 3 is 2.27 bits per heavy atom. The van der Waals surface area contributed by atoms with E-state index in [2.05, 4.69) is 5.32 Å². The van der Waals surface area contributed by atoms with Gasteiger partial charge in [-0.05, 0) is 12.3 Å². The van der Waals surface area contributed by atoms with Crippen molar-refractivity contribution in [2.75, 3.05) is 0 Å². The van der Waals surface area contributed by atoms with Gasteiger partial charge in [-0.2, -0.15) is 0 Å². The molecule has 0 saturated carbocycles. The lowest BCUT2D eigenvalue weighted by atomic mass is 10.0. The molecular formula is C9H14Cl3NO2. The first-order valence-electron chi connectivity index (χ1n) is 4.56. The van der Waals surface area contributed by atoms with Crippen LogP contribution in [0.4, 0.5) is 0 Å². The van der Waals surface area contributed by atoms with Crippen LogP contribution in [0.25, 0.3) is 0 Å². The number of alkyl halides is 3. The second-order valence-electron chi connectivity index (χ2n) is 3.73. The van der Waals surface area contributed by atoms with Crippen LogP contribution in [0.3, 0.4) is 0 Å². The first kappa shape index (κ1) is 15.0. The van der Waals surface area contributed by atoms with Gasteiger partial charge in [-0.3, -0.25) is 4.79 Å². The SMILES string of the molecule is CC(C)C[C@@H](C=O)NC(=O)CC(Cl)(Cl)Cl. The van der Waals surface area contributed by atoms with E-state index in [1.807, 2.05) is 13.8 Å². The molecule has 0 saturated heterocycles. The van der Waals surface area contributed by atoms with Gasteiger partial charge in [-0.25, -0.2) is 0 Å². The fourth-order valence-electron chi connectivity index (χ4n) is 1.10. The maximum absolute atomic E-state index is 11.3. The van der Waals surface area contributed by atoms with Crippen LogP contribution in [-0.4, -0.2) is 22.0 Å². The second-order valence-corrected chi connectivity index (χ2v) is 6.25. The van der Waals surface area contributed by atoms with Crippen molar-refractivity contribution in [2.24, 2.45) is 5.92 Å². The molecule has 0 aliphatic carbocycles. The summed E-state index contributed by atoms with van der Waals surface area (Å²) in [4.78, 5) is 21.9. The zero-order valence-corrected chi connectivity index (χ0v) is 10.9. The molecule has 1 N–H and O–H groups in total. The quantitative estimate of drug-likeness (QED) is 0.618. The summed E-state index contributed by atoms with van der Waals surface area (Å²) in [5.41, 5.74) is 0. The van der Waals surface area contributed by atoms with Gasteiger partial charge in [0, 0.05) is 0 Å². The number of halogens is 3. The van der Waals surface area contributed by atoms with E-state index in [1.54, 1.807) is 0 Å². The number of hydrogen-bond acceptors (Lipinski definition) is 2. The standard InChI is InChI=1S/C9H14Cl3NO2/c1-6(2)3-7(5-14)13-8(15)4-9(10,11)12/h5-7H,3-4H2,1-2H3,(H,13,15)/t7-/m0/s1. The number of aldehydes is 1. The number of hydrogen-bond donors (Lipinski definition) is 1. The predicted octanol–water partition coefficient (Wildman–Crippen LogP) is 2.48. The highest BCUT2D eigenvalue weighted by molar-refractivity contribution is 6.68. The maximum Gasteiger partial charge on any atom is 0.224 e. The lowest BCUT2D eigenvalue weighted by Gasteiger charge is -2.16. The molecular weight excluding hydrogens is 260 g/mol. The smallest absolute Gasteiger partial charge is 0.224 e. The van der Waals surface area contributed by atoms with E-state index in [0.717, 1.165) is 0 Å². The van der Waals surface area contributed by atoms with Crippen LogP contribution in [0, 0.1) is 5.92 Å². The highest BCUT2D eigenvalue weighted by Crippen LogP contribution is 2.29. The van der Waals surface area contributed by atoms with Gasteiger partial charge in [0.15, 0.2) is 3.79 Å². The van der Waals surface area contributed by atoms with E-state index >= 15 is 0 Å². The zero-order valence-electron chi connectivity index (χ0n) is 8.60. The van der Waals surface area contributed by atoms with Crippen molar-refractivity contribution < 1.29 is 9.59 Å². The Bertz CT molecular complexity index is 226. The topological polar surface area (TPSA) is 46.2 Å². The van der Waals surface area contributed by atoms with Crippen LogP contribution in [0.2, 0.25) is 0 Å². The van der Waals surface area contributed by atoms with E-state index in [9.17, 15) is 9.59 Å². The summed E-state index contributed by atoms with van der Waals surface area (Å²) in [6.07, 6.45) is 1.02. The summed E-state index contributed by atoms with van der Waals surface area (Å²) in [5, 5.41) is 2.49. The molecule has 0 heterocycles. The lowest BCUT2D eigenvalue weighted by Crippen LogP contribution is -2.38. The largest absolute Gasteiger partial charge is 0.346 e. The third kappa shape index (κ3) is 8.97. The van der Waals surface area contributed by atoms with Crippen LogP contribution >= 0.6 is 34.8 Å². The van der Waals surface area contributed by atoms with Crippen LogP contribution < -0.4 is 5.32 Å². The molecule has 0 spiro atoms. The van der Waals surface area contributed by atoms with Crippen molar-refractivity contribution in [3.8, 4) is 0 Å². The molecule has 3 nitrogen and oxygen atoms in total. The minimum atomic E-state index is -1.62. The zero-order chi connectivity index (χ0) is 12.1. The highest BCUT2D eigenvalue weighted by atomic mass is 35.6. The fraction of sp³-hybridized carbons (Fsp3) is 0.778. The van der Waals surface area contributed by atoms with Crippen LogP contribution in [-0.2, 0) is 9.59 Å². The molecule has 1 amide bonds. The lowest BCUT2D eigenvalue weighted by molar-refractivity contribution is -0.124. The Labute approximate surface area is 104 Å². The Hall–Kier alpha value is 0.01000. The van der Waals surface area contributed by atoms with Crippen molar-refractivity contribution in [1.82, 2.24) is 5.32 Å². The molecule has 0 unspecified atom stereocenters. The Morgan fingerprint density at radius 1 is 1.40 bits per heavy atom. The van der Waals surface area contributed by atoms with Crippen LogP contribution in [0.1, 0.15) is 26.7 Å². The first-order chi connectivity index (χ1) is 6.74. The van der Waals surface area contributed by atoms with E-state index in [4.69, 9.17) is 34.8 Å². The van der Waals surface area contributed by atoms with Crippen molar-refractivity contribution in [1.29, 1.82) is 0 Å². The van der Waals surface area contributed by atoms with E-state index < -0.39 is 15.7 Å². The van der Waals surface area contributed by atoms with E-state index in [1.165, 1.54) is 0 Å². The Morgan fingerprint density at radius 2 is 1.93 bits per heavy atom. The summed E-state index contributed by atoms with van der Waals surface area (Å²) in [7, 11) is 0. The molecule has 0 radical (unpaired) electrons. The average Bonchev–Trinajstić information content (AvgIpc) is 1.98. The molecule has 0 aromatic rings. The van der Waals surface area contributed by atoms with Gasteiger partial charge in [-0.15, -0.1) is 0 Å². The molecule has 15 heavy (non-hydrogen) atoms. The van der Waals surface area contributed by atoms with Crippen molar-refractivity contribution >= 4 is 47.0 Å². The first-order valence-corrected chi connectivity index (χ1v) is 5.69. The van der Waals surface area contributed by atoms with Gasteiger partial charge in [0.05, 0.1) is 12.5 Å². The van der Waals surface area contributed by atoms with Gasteiger partial charge >= 0.3 is 0 Å². The van der Waals surface area contributed by atoms with Crippen LogP contribution in [0.5, 0.6) is 0 Å². The Kier molecular flexibility index (Phi) is 6.57. The number of carbonyl (C=O) groups excluding carboxylic acids is 2. The highest BCUT2D eigenvalue weighted by Gasteiger charge is 2.25. The summed E-state index contributed by atoms with van der Waals surface area (Å²) in [5.74, 6) is -0.124.